The van der Waals surface area contributed by atoms with Gasteiger partial charge in [-0.05, 0) is 23.3 Å². The minimum absolute atomic E-state index is 0.0463. The number of hydrogen-bond acceptors (Lipinski definition) is 5. The Morgan fingerprint density at radius 1 is 1.28 bits per heavy atom. The van der Waals surface area contributed by atoms with Crippen molar-refractivity contribution in [2.24, 2.45) is 5.10 Å². The van der Waals surface area contributed by atoms with Crippen LogP contribution in [0.3, 0.4) is 0 Å². The second-order valence-corrected chi connectivity index (χ2v) is 7.27. The van der Waals surface area contributed by atoms with Crippen molar-refractivity contribution in [1.29, 1.82) is 0 Å². The van der Waals surface area contributed by atoms with E-state index in [0.29, 0.717) is 10.0 Å². The van der Waals surface area contributed by atoms with Gasteiger partial charge in [0.05, 0.1) is 23.5 Å². The molecule has 1 amide bonds. The molecule has 7 nitrogen and oxygen atoms in total. The lowest BCUT2D eigenvalue weighted by atomic mass is 10.0. The summed E-state index contributed by atoms with van der Waals surface area (Å²) in [6, 6.07) is 11.1. The molecule has 1 atom stereocenters. The molecule has 1 N–H and O–H groups in total. The van der Waals surface area contributed by atoms with Crippen molar-refractivity contribution in [2.75, 3.05) is 0 Å². The van der Waals surface area contributed by atoms with Crippen molar-refractivity contribution in [3.63, 3.8) is 0 Å². The number of rotatable bonds is 4. The fourth-order valence-corrected chi connectivity index (χ4v) is 3.24. The van der Waals surface area contributed by atoms with E-state index >= 15 is 0 Å². The standard InChI is InChI=1S/C18H13BrF3N3O4/c19-13-3-1-2-12(9-13)15-10-17(27,18(20,21)22)24(23-15)16(26)8-11-4-6-14(7-5-11)25(28)29/h1-7,9,27H,8,10H2. The van der Waals surface area contributed by atoms with Gasteiger partial charge in [-0.3, -0.25) is 14.9 Å². The maximum absolute atomic E-state index is 13.6. The monoisotopic (exact) mass is 471 g/mol. The first-order valence-corrected chi connectivity index (χ1v) is 8.99. The van der Waals surface area contributed by atoms with Crippen LogP contribution in [0.2, 0.25) is 0 Å². The Bertz CT molecular complexity index is 995. The van der Waals surface area contributed by atoms with Crippen molar-refractivity contribution in [1.82, 2.24) is 5.01 Å². The summed E-state index contributed by atoms with van der Waals surface area (Å²) < 4.78 is 41.4. The number of non-ortho nitro benzene ring substituents is 1. The predicted octanol–water partition coefficient (Wildman–Crippen LogP) is 3.79. The topological polar surface area (TPSA) is 96.0 Å². The van der Waals surface area contributed by atoms with Crippen LogP contribution in [0.5, 0.6) is 0 Å². The zero-order chi connectivity index (χ0) is 21.4. The van der Waals surface area contributed by atoms with Gasteiger partial charge in [-0.1, -0.05) is 40.2 Å². The highest BCUT2D eigenvalue weighted by Gasteiger charge is 2.63. The molecule has 11 heteroatoms. The van der Waals surface area contributed by atoms with E-state index < -0.39 is 35.6 Å². The first kappa shape index (κ1) is 20.9. The molecule has 2 aromatic rings. The molecule has 1 aliphatic rings. The molecule has 1 heterocycles. The van der Waals surface area contributed by atoms with Gasteiger partial charge >= 0.3 is 6.18 Å². The SMILES string of the molecule is O=C(Cc1ccc([N+](=O)[O-])cc1)N1N=C(c2cccc(Br)c2)CC1(O)C(F)(F)F. The Balaban J connectivity index is 1.91. The number of carbonyl (C=O) groups is 1. The van der Waals surface area contributed by atoms with E-state index in [4.69, 9.17) is 0 Å². The third-order valence-electron chi connectivity index (χ3n) is 4.34. The Morgan fingerprint density at radius 3 is 2.48 bits per heavy atom. The van der Waals surface area contributed by atoms with Gasteiger partial charge in [0.2, 0.25) is 5.91 Å². The van der Waals surface area contributed by atoms with Crippen LogP contribution in [0.25, 0.3) is 0 Å². The Hall–Kier alpha value is -2.79. The number of alkyl halides is 3. The number of aliphatic hydroxyl groups is 1. The van der Waals surface area contributed by atoms with Gasteiger partial charge in [0.1, 0.15) is 0 Å². The molecule has 0 fully saturated rings. The molecule has 1 aliphatic heterocycles. The highest BCUT2D eigenvalue weighted by atomic mass is 79.9. The highest BCUT2D eigenvalue weighted by molar-refractivity contribution is 9.10. The van der Waals surface area contributed by atoms with Gasteiger partial charge < -0.3 is 5.11 Å². The van der Waals surface area contributed by atoms with E-state index in [0.717, 1.165) is 12.1 Å². The number of nitro benzene ring substituents is 1. The number of benzene rings is 2. The first-order chi connectivity index (χ1) is 13.5. The summed E-state index contributed by atoms with van der Waals surface area (Å²) in [4.78, 5) is 22.6. The number of nitro groups is 1. The minimum Gasteiger partial charge on any atom is -0.362 e. The summed E-state index contributed by atoms with van der Waals surface area (Å²) in [5, 5.41) is 24.8. The average molecular weight is 472 g/mol. The molecule has 0 spiro atoms. The zero-order valence-corrected chi connectivity index (χ0v) is 16.1. The molecule has 2 aromatic carbocycles. The van der Waals surface area contributed by atoms with E-state index in [-0.39, 0.29) is 22.0 Å². The molecule has 0 aromatic heterocycles. The minimum atomic E-state index is -5.14. The molecular formula is C18H13BrF3N3O4. The number of hydrazone groups is 1. The maximum Gasteiger partial charge on any atom is 0.438 e. The number of halogens is 4. The number of amides is 1. The molecule has 0 radical (unpaired) electrons. The molecule has 0 saturated carbocycles. The second kappa shape index (κ2) is 7.56. The van der Waals surface area contributed by atoms with Crippen LogP contribution in [-0.2, 0) is 11.2 Å². The van der Waals surface area contributed by atoms with Crippen LogP contribution in [-0.4, -0.2) is 38.6 Å². The Labute approximate surface area is 170 Å². The van der Waals surface area contributed by atoms with Crippen molar-refractivity contribution < 1.29 is 28.0 Å². The van der Waals surface area contributed by atoms with Crippen molar-refractivity contribution >= 4 is 33.2 Å². The fraction of sp³-hybridized carbons (Fsp3) is 0.222. The second-order valence-electron chi connectivity index (χ2n) is 6.35. The third kappa shape index (κ3) is 4.15. The third-order valence-corrected chi connectivity index (χ3v) is 4.83. The smallest absolute Gasteiger partial charge is 0.362 e. The van der Waals surface area contributed by atoms with Crippen molar-refractivity contribution in [2.45, 2.75) is 24.7 Å². The molecule has 29 heavy (non-hydrogen) atoms. The molecule has 1 unspecified atom stereocenters. The van der Waals surface area contributed by atoms with Crippen molar-refractivity contribution in [3.05, 3.63) is 74.2 Å². The lowest BCUT2D eigenvalue weighted by Crippen LogP contribution is -2.57. The van der Waals surface area contributed by atoms with Gasteiger partial charge in [0.25, 0.3) is 11.4 Å². The number of carbonyl (C=O) groups excluding carboxylic acids is 1. The summed E-state index contributed by atoms with van der Waals surface area (Å²) in [7, 11) is 0. The summed E-state index contributed by atoms with van der Waals surface area (Å²) in [5.74, 6) is -1.09. The normalized spacial score (nSPS) is 19.2. The van der Waals surface area contributed by atoms with Crippen LogP contribution in [0.15, 0.2) is 58.1 Å². The fourth-order valence-electron chi connectivity index (χ4n) is 2.84. The summed E-state index contributed by atoms with van der Waals surface area (Å²) >= 11 is 3.21. The largest absolute Gasteiger partial charge is 0.438 e. The lowest BCUT2D eigenvalue weighted by Gasteiger charge is -2.32. The number of nitrogens with zero attached hydrogens (tertiary/aromatic N) is 3. The van der Waals surface area contributed by atoms with E-state index in [1.165, 1.54) is 24.3 Å². The molecule has 0 bridgehead atoms. The van der Waals surface area contributed by atoms with Crippen LogP contribution < -0.4 is 0 Å². The average Bonchev–Trinajstić information content (AvgIpc) is 3.01. The van der Waals surface area contributed by atoms with Gasteiger partial charge in [-0.2, -0.15) is 23.3 Å². The molecular weight excluding hydrogens is 459 g/mol. The molecule has 3 rings (SSSR count). The van der Waals surface area contributed by atoms with E-state index in [1.54, 1.807) is 12.1 Å². The molecule has 152 valence electrons. The maximum atomic E-state index is 13.6. The Morgan fingerprint density at radius 2 is 1.93 bits per heavy atom. The zero-order valence-electron chi connectivity index (χ0n) is 14.6. The first-order valence-electron chi connectivity index (χ1n) is 8.20. The predicted molar refractivity (Wildman–Crippen MR) is 99.9 cm³/mol. The van der Waals surface area contributed by atoms with Gasteiger partial charge in [0.15, 0.2) is 0 Å². The van der Waals surface area contributed by atoms with Gasteiger partial charge in [0, 0.05) is 16.6 Å². The van der Waals surface area contributed by atoms with Crippen LogP contribution >= 0.6 is 15.9 Å². The quantitative estimate of drug-likeness (QED) is 0.541. The van der Waals surface area contributed by atoms with E-state index in [9.17, 15) is 33.2 Å². The van der Waals surface area contributed by atoms with E-state index in [1.807, 2.05) is 0 Å². The van der Waals surface area contributed by atoms with Gasteiger partial charge in [-0.25, -0.2) is 0 Å². The summed E-state index contributed by atoms with van der Waals surface area (Å²) in [6.45, 7) is 0. The van der Waals surface area contributed by atoms with Crippen LogP contribution in [0.4, 0.5) is 18.9 Å². The summed E-state index contributed by atoms with van der Waals surface area (Å²) in [6.07, 6.45) is -6.58. The molecule has 0 aliphatic carbocycles. The van der Waals surface area contributed by atoms with Crippen LogP contribution in [0.1, 0.15) is 17.5 Å². The highest BCUT2D eigenvalue weighted by Crippen LogP contribution is 2.41. The van der Waals surface area contributed by atoms with Crippen LogP contribution in [0, 0.1) is 10.1 Å². The lowest BCUT2D eigenvalue weighted by molar-refractivity contribution is -0.384. The number of hydrogen-bond donors (Lipinski definition) is 1. The van der Waals surface area contributed by atoms with E-state index in [2.05, 4.69) is 21.0 Å². The summed E-state index contributed by atoms with van der Waals surface area (Å²) in [5.41, 5.74) is -3.22. The van der Waals surface area contributed by atoms with Crippen molar-refractivity contribution in [3.8, 4) is 0 Å². The van der Waals surface area contributed by atoms with Gasteiger partial charge in [-0.15, -0.1) is 0 Å². The molecule has 0 saturated heterocycles. The Kier molecular flexibility index (Phi) is 5.46.